The molecule has 24 heavy (non-hydrogen) atoms. The maximum atomic E-state index is 11.4. The van der Waals surface area contributed by atoms with Gasteiger partial charge in [0.25, 0.3) is 0 Å². The smallest absolute Gasteiger partial charge is 0.375 e. The van der Waals surface area contributed by atoms with Crippen LogP contribution in [0.15, 0.2) is 12.3 Å². The van der Waals surface area contributed by atoms with Gasteiger partial charge in [0.1, 0.15) is 0 Å². The van der Waals surface area contributed by atoms with E-state index < -0.39 is 7.60 Å². The minimum Gasteiger partial charge on any atom is -0.433 e. The van der Waals surface area contributed by atoms with Crippen LogP contribution in [-0.4, -0.2) is 13.8 Å². The molecule has 0 amide bonds. The van der Waals surface area contributed by atoms with Gasteiger partial charge in [0, 0.05) is 13.8 Å². The molecule has 0 bridgehead atoms. The molecule has 0 aliphatic carbocycles. The van der Waals surface area contributed by atoms with E-state index in [4.69, 9.17) is 9.05 Å². The highest BCUT2D eigenvalue weighted by atomic mass is 31.2. The van der Waals surface area contributed by atoms with E-state index in [2.05, 4.69) is 6.92 Å². The Morgan fingerprint density at radius 3 is 1.58 bits per heavy atom. The monoisotopic (exact) mass is 360 g/mol. The second kappa shape index (κ2) is 17.5. The van der Waals surface area contributed by atoms with Crippen molar-refractivity contribution in [2.75, 3.05) is 13.8 Å². The molecule has 0 aliphatic rings. The Bertz CT molecular complexity index is 329. The van der Waals surface area contributed by atoms with Crippen molar-refractivity contribution in [3.8, 4) is 0 Å². The Morgan fingerprint density at radius 2 is 1.17 bits per heavy atom. The molecule has 0 aromatic heterocycles. The molecular formula is C20H41O3P. The van der Waals surface area contributed by atoms with Crippen LogP contribution in [0.1, 0.15) is 103 Å². The Kier molecular flexibility index (Phi) is 17.4. The van der Waals surface area contributed by atoms with Crippen LogP contribution >= 0.6 is 7.60 Å². The molecule has 0 saturated carbocycles. The van der Waals surface area contributed by atoms with Crippen LogP contribution in [0.4, 0.5) is 0 Å². The van der Waals surface area contributed by atoms with Crippen LogP contribution in [0.3, 0.4) is 0 Å². The molecule has 0 fully saturated rings. The fraction of sp³-hybridized carbons (Fsp3) is 0.900. The van der Waals surface area contributed by atoms with Gasteiger partial charge in [-0.15, -0.1) is 0 Å². The van der Waals surface area contributed by atoms with Gasteiger partial charge in [-0.1, -0.05) is 90.4 Å². The first-order valence-corrected chi connectivity index (χ1v) is 12.1. The van der Waals surface area contributed by atoms with Gasteiger partial charge in [-0.05, 0) is 18.9 Å². The molecule has 0 spiro atoms. The zero-order valence-corrected chi connectivity index (χ0v) is 17.3. The number of hydrogen-bond donors (Lipinski definition) is 0. The highest BCUT2D eigenvalue weighted by Crippen LogP contribution is 2.42. The molecule has 0 aromatic carbocycles. The summed E-state index contributed by atoms with van der Waals surface area (Å²) in [6.45, 7) is 3.75. The number of unbranched alkanes of at least 4 members (excludes halogenated alkanes) is 14. The van der Waals surface area contributed by atoms with E-state index in [1.165, 1.54) is 110 Å². The highest BCUT2D eigenvalue weighted by Gasteiger charge is 2.11. The second-order valence-electron chi connectivity index (χ2n) is 6.82. The largest absolute Gasteiger partial charge is 0.433 e. The van der Waals surface area contributed by atoms with Crippen molar-refractivity contribution in [2.45, 2.75) is 103 Å². The first kappa shape index (κ1) is 23.7. The van der Waals surface area contributed by atoms with E-state index in [0.717, 1.165) is 6.42 Å². The zero-order chi connectivity index (χ0) is 17.9. The standard InChI is InChI=1S/C20H41O3P/c1-4-5-6-7-8-9-10-11-12-13-14-15-16-17-18-19-20-23-24(3,21)22-2/h19-20H,4-18H2,1-3H3. The quantitative estimate of drug-likeness (QED) is 0.142. The van der Waals surface area contributed by atoms with Gasteiger partial charge in [-0.3, -0.25) is 0 Å². The Hall–Kier alpha value is -0.270. The third kappa shape index (κ3) is 18.1. The minimum atomic E-state index is -2.85. The average molecular weight is 361 g/mol. The normalized spacial score (nSPS) is 14.1. The van der Waals surface area contributed by atoms with Crippen molar-refractivity contribution in [3.05, 3.63) is 12.3 Å². The molecular weight excluding hydrogens is 319 g/mol. The van der Waals surface area contributed by atoms with E-state index in [-0.39, 0.29) is 0 Å². The van der Waals surface area contributed by atoms with Crippen molar-refractivity contribution in [1.82, 2.24) is 0 Å². The molecule has 1 atom stereocenters. The molecule has 0 saturated heterocycles. The second-order valence-corrected chi connectivity index (χ2v) is 8.93. The van der Waals surface area contributed by atoms with E-state index >= 15 is 0 Å². The average Bonchev–Trinajstić information content (AvgIpc) is 2.57. The van der Waals surface area contributed by atoms with Crippen molar-refractivity contribution in [1.29, 1.82) is 0 Å². The SMILES string of the molecule is CCCCCCCCCCCCCCCCC=COP(C)(=O)OC. The van der Waals surface area contributed by atoms with E-state index in [1.807, 2.05) is 6.08 Å². The molecule has 144 valence electrons. The fourth-order valence-electron chi connectivity index (χ4n) is 2.72. The summed E-state index contributed by atoms with van der Waals surface area (Å²) >= 11 is 0. The van der Waals surface area contributed by atoms with Gasteiger partial charge >= 0.3 is 7.60 Å². The van der Waals surface area contributed by atoms with E-state index in [0.29, 0.717) is 0 Å². The van der Waals surface area contributed by atoms with Gasteiger partial charge < -0.3 is 9.05 Å². The van der Waals surface area contributed by atoms with Crippen LogP contribution in [0.5, 0.6) is 0 Å². The maximum absolute atomic E-state index is 11.4. The van der Waals surface area contributed by atoms with Gasteiger partial charge in [0.15, 0.2) is 0 Å². The molecule has 0 rings (SSSR count). The third-order valence-electron chi connectivity index (χ3n) is 4.40. The molecule has 0 aliphatic heterocycles. The summed E-state index contributed by atoms with van der Waals surface area (Å²) in [5.74, 6) is 0. The van der Waals surface area contributed by atoms with Gasteiger partial charge in [0.2, 0.25) is 0 Å². The molecule has 1 unspecified atom stereocenters. The van der Waals surface area contributed by atoms with Crippen molar-refractivity contribution >= 4 is 7.60 Å². The number of hydrogen-bond acceptors (Lipinski definition) is 3. The Labute approximate surface area is 151 Å². The third-order valence-corrected chi connectivity index (χ3v) is 5.57. The van der Waals surface area contributed by atoms with Crippen LogP contribution < -0.4 is 0 Å². The molecule has 0 N–H and O–H groups in total. The van der Waals surface area contributed by atoms with Gasteiger partial charge in [0.05, 0.1) is 6.26 Å². The molecule has 0 heterocycles. The summed E-state index contributed by atoms with van der Waals surface area (Å²) in [6, 6.07) is 0. The zero-order valence-electron chi connectivity index (χ0n) is 16.4. The first-order valence-electron chi connectivity index (χ1n) is 10.1. The van der Waals surface area contributed by atoms with Gasteiger partial charge in [-0.25, -0.2) is 4.57 Å². The molecule has 0 aromatic rings. The lowest BCUT2D eigenvalue weighted by atomic mass is 10.0. The first-order chi connectivity index (χ1) is 11.6. The van der Waals surface area contributed by atoms with Crippen LogP contribution in [0.2, 0.25) is 0 Å². The summed E-state index contributed by atoms with van der Waals surface area (Å²) in [7, 11) is -1.45. The van der Waals surface area contributed by atoms with E-state index in [9.17, 15) is 4.57 Å². The lowest BCUT2D eigenvalue weighted by Gasteiger charge is -2.07. The summed E-state index contributed by atoms with van der Waals surface area (Å²) in [4.78, 5) is 0. The fourth-order valence-corrected chi connectivity index (χ4v) is 3.11. The predicted molar refractivity (Wildman–Crippen MR) is 106 cm³/mol. The predicted octanol–water partition coefficient (Wildman–Crippen LogP) is 7.86. The van der Waals surface area contributed by atoms with Crippen molar-refractivity contribution < 1.29 is 13.6 Å². The van der Waals surface area contributed by atoms with E-state index in [1.54, 1.807) is 0 Å². The van der Waals surface area contributed by atoms with Crippen LogP contribution in [0.25, 0.3) is 0 Å². The summed E-state index contributed by atoms with van der Waals surface area (Å²) < 4.78 is 21.2. The molecule has 0 radical (unpaired) electrons. The molecule has 4 heteroatoms. The lowest BCUT2D eigenvalue weighted by molar-refractivity contribution is 0.305. The summed E-state index contributed by atoms with van der Waals surface area (Å²) in [6.07, 6.45) is 23.8. The van der Waals surface area contributed by atoms with Gasteiger partial charge in [-0.2, -0.15) is 0 Å². The van der Waals surface area contributed by atoms with Crippen LogP contribution in [-0.2, 0) is 13.6 Å². The summed E-state index contributed by atoms with van der Waals surface area (Å²) in [5.41, 5.74) is 0. The number of allylic oxidation sites excluding steroid dienone is 1. The maximum Gasteiger partial charge on any atom is 0.375 e. The summed E-state index contributed by atoms with van der Waals surface area (Å²) in [5, 5.41) is 0. The van der Waals surface area contributed by atoms with Crippen molar-refractivity contribution in [3.63, 3.8) is 0 Å². The lowest BCUT2D eigenvalue weighted by Crippen LogP contribution is -1.84. The number of rotatable bonds is 18. The topological polar surface area (TPSA) is 35.5 Å². The minimum absolute atomic E-state index is 0.988. The highest BCUT2D eigenvalue weighted by molar-refractivity contribution is 7.53. The Balaban J connectivity index is 3.15. The van der Waals surface area contributed by atoms with Crippen LogP contribution in [0, 0.1) is 0 Å². The Morgan fingerprint density at radius 1 is 0.750 bits per heavy atom. The molecule has 3 nitrogen and oxygen atoms in total. The van der Waals surface area contributed by atoms with Crippen molar-refractivity contribution in [2.24, 2.45) is 0 Å².